The summed E-state index contributed by atoms with van der Waals surface area (Å²) in [6.45, 7) is 3.79. The number of halogens is 1. The molecule has 0 unspecified atom stereocenters. The van der Waals surface area contributed by atoms with Crippen LogP contribution in [0.15, 0.2) is 33.5 Å². The van der Waals surface area contributed by atoms with E-state index in [0.29, 0.717) is 4.96 Å². The minimum Gasteiger partial charge on any atom is -0.342 e. The van der Waals surface area contributed by atoms with Crippen molar-refractivity contribution in [2.45, 2.75) is 32.7 Å². The summed E-state index contributed by atoms with van der Waals surface area (Å²) in [7, 11) is 0. The molecule has 5 nitrogen and oxygen atoms in total. The number of anilines is 1. The summed E-state index contributed by atoms with van der Waals surface area (Å²) in [4.78, 5) is 19.8. The van der Waals surface area contributed by atoms with Gasteiger partial charge in [0.25, 0.3) is 5.56 Å². The molecule has 3 heterocycles. The summed E-state index contributed by atoms with van der Waals surface area (Å²) < 4.78 is 2.56. The summed E-state index contributed by atoms with van der Waals surface area (Å²) in [6, 6.07) is 7.93. The Labute approximate surface area is 152 Å². The van der Waals surface area contributed by atoms with Crippen molar-refractivity contribution < 1.29 is 0 Å². The Bertz CT molecular complexity index is 965. The normalized spacial score (nSPS) is 14.2. The standard InChI is InChI=1S/C17H17BrN4OS/c1-2-4-12-9-15(23)22-16(19-12)24-17(20-22)21-8-7-11-5-3-6-14(18)13(11)10-21/h3,5-6,9H,2,4,7-8,10H2,1H3. The van der Waals surface area contributed by atoms with Gasteiger partial charge in [-0.05, 0) is 30.0 Å². The van der Waals surface area contributed by atoms with E-state index in [1.54, 1.807) is 6.07 Å². The number of benzene rings is 1. The number of nitrogens with zero attached hydrogens (tertiary/aromatic N) is 4. The zero-order valence-corrected chi connectivity index (χ0v) is 15.7. The van der Waals surface area contributed by atoms with Crippen LogP contribution in [0.2, 0.25) is 0 Å². The Morgan fingerprint density at radius 1 is 1.38 bits per heavy atom. The highest BCUT2D eigenvalue weighted by Crippen LogP contribution is 2.31. The molecule has 0 spiro atoms. The molecule has 0 saturated carbocycles. The number of hydrogen-bond acceptors (Lipinski definition) is 5. The van der Waals surface area contributed by atoms with E-state index >= 15 is 0 Å². The molecule has 0 radical (unpaired) electrons. The second-order valence-electron chi connectivity index (χ2n) is 5.96. The average Bonchev–Trinajstić information content (AvgIpc) is 3.00. The second-order valence-corrected chi connectivity index (χ2v) is 7.75. The highest BCUT2D eigenvalue weighted by Gasteiger charge is 2.21. The molecule has 2 aromatic heterocycles. The molecule has 7 heteroatoms. The van der Waals surface area contributed by atoms with Gasteiger partial charge in [0.05, 0.1) is 0 Å². The maximum Gasteiger partial charge on any atom is 0.275 e. The van der Waals surface area contributed by atoms with Gasteiger partial charge in [-0.1, -0.05) is 52.7 Å². The van der Waals surface area contributed by atoms with Gasteiger partial charge in [0, 0.05) is 29.3 Å². The molecule has 0 aliphatic carbocycles. The lowest BCUT2D eigenvalue weighted by atomic mass is 10.0. The van der Waals surface area contributed by atoms with E-state index in [-0.39, 0.29) is 5.56 Å². The number of fused-ring (bicyclic) bond motifs is 2. The summed E-state index contributed by atoms with van der Waals surface area (Å²) in [5, 5.41) is 5.37. The fourth-order valence-electron chi connectivity index (χ4n) is 3.06. The van der Waals surface area contributed by atoms with Crippen molar-refractivity contribution in [1.82, 2.24) is 14.6 Å². The van der Waals surface area contributed by atoms with Crippen molar-refractivity contribution in [3.05, 3.63) is 55.9 Å². The van der Waals surface area contributed by atoms with E-state index in [0.717, 1.165) is 47.7 Å². The number of hydrogen-bond donors (Lipinski definition) is 0. The highest BCUT2D eigenvalue weighted by atomic mass is 79.9. The van der Waals surface area contributed by atoms with E-state index in [1.807, 2.05) is 0 Å². The Balaban J connectivity index is 1.71. The predicted octanol–water partition coefficient (Wildman–Crippen LogP) is 3.43. The first kappa shape index (κ1) is 15.8. The highest BCUT2D eigenvalue weighted by molar-refractivity contribution is 9.10. The Kier molecular flexibility index (Phi) is 4.14. The maximum absolute atomic E-state index is 12.3. The molecular formula is C17H17BrN4OS. The van der Waals surface area contributed by atoms with Crippen molar-refractivity contribution in [1.29, 1.82) is 0 Å². The van der Waals surface area contributed by atoms with E-state index < -0.39 is 0 Å². The van der Waals surface area contributed by atoms with Gasteiger partial charge >= 0.3 is 0 Å². The molecule has 0 saturated heterocycles. The van der Waals surface area contributed by atoms with E-state index in [9.17, 15) is 4.79 Å². The first-order valence-electron chi connectivity index (χ1n) is 8.06. The fraction of sp³-hybridized carbons (Fsp3) is 0.353. The molecule has 124 valence electrons. The van der Waals surface area contributed by atoms with Crippen LogP contribution < -0.4 is 10.5 Å². The zero-order valence-electron chi connectivity index (χ0n) is 13.3. The molecule has 4 rings (SSSR count). The lowest BCUT2D eigenvalue weighted by Crippen LogP contribution is -2.30. The monoisotopic (exact) mass is 404 g/mol. The summed E-state index contributed by atoms with van der Waals surface area (Å²) in [5.41, 5.74) is 3.44. The van der Waals surface area contributed by atoms with Gasteiger partial charge < -0.3 is 4.90 Å². The molecule has 1 aromatic carbocycles. The molecule has 3 aromatic rings. The van der Waals surface area contributed by atoms with Gasteiger partial charge in [0.1, 0.15) is 0 Å². The van der Waals surface area contributed by atoms with Crippen LogP contribution in [0.5, 0.6) is 0 Å². The van der Waals surface area contributed by atoms with E-state index in [2.05, 4.69) is 56.0 Å². The molecule has 24 heavy (non-hydrogen) atoms. The van der Waals surface area contributed by atoms with Crippen molar-refractivity contribution in [2.75, 3.05) is 11.4 Å². The molecule has 0 fully saturated rings. The van der Waals surface area contributed by atoms with Gasteiger partial charge in [0.15, 0.2) is 0 Å². The Morgan fingerprint density at radius 3 is 3.08 bits per heavy atom. The van der Waals surface area contributed by atoms with Crippen LogP contribution in [0, 0.1) is 0 Å². The maximum atomic E-state index is 12.3. The first-order valence-corrected chi connectivity index (χ1v) is 9.67. The first-order chi connectivity index (χ1) is 11.7. The molecule has 1 aliphatic rings. The van der Waals surface area contributed by atoms with Gasteiger partial charge in [-0.25, -0.2) is 4.98 Å². The van der Waals surface area contributed by atoms with Crippen molar-refractivity contribution in [3.63, 3.8) is 0 Å². The molecule has 1 aliphatic heterocycles. The molecule has 0 N–H and O–H groups in total. The minimum absolute atomic E-state index is 0.0930. The largest absolute Gasteiger partial charge is 0.342 e. The lowest BCUT2D eigenvalue weighted by Gasteiger charge is -2.28. The number of aromatic nitrogens is 3. The van der Waals surface area contributed by atoms with Crippen molar-refractivity contribution >= 4 is 37.4 Å². The third-order valence-electron chi connectivity index (χ3n) is 4.28. The van der Waals surface area contributed by atoms with Crippen LogP contribution in [0.4, 0.5) is 5.13 Å². The topological polar surface area (TPSA) is 50.5 Å². The molecule has 0 bridgehead atoms. The smallest absolute Gasteiger partial charge is 0.275 e. The third kappa shape index (κ3) is 2.75. The third-order valence-corrected chi connectivity index (χ3v) is 5.99. The van der Waals surface area contributed by atoms with Crippen molar-refractivity contribution in [3.8, 4) is 0 Å². The predicted molar refractivity (Wildman–Crippen MR) is 100 cm³/mol. The van der Waals surface area contributed by atoms with Crippen molar-refractivity contribution in [2.24, 2.45) is 0 Å². The fourth-order valence-corrected chi connectivity index (χ4v) is 4.54. The van der Waals surface area contributed by atoms with Gasteiger partial charge in [-0.15, -0.1) is 5.10 Å². The van der Waals surface area contributed by atoms with E-state index in [1.165, 1.54) is 27.0 Å². The summed E-state index contributed by atoms with van der Waals surface area (Å²) >= 11 is 5.13. The Morgan fingerprint density at radius 2 is 2.25 bits per heavy atom. The van der Waals surface area contributed by atoms with Crippen LogP contribution in [-0.2, 0) is 19.4 Å². The van der Waals surface area contributed by atoms with Crippen LogP contribution >= 0.6 is 27.3 Å². The van der Waals surface area contributed by atoms with Gasteiger partial charge in [0.2, 0.25) is 10.1 Å². The SMILES string of the molecule is CCCc1cc(=O)n2nc(N3CCc4cccc(Br)c4C3)sc2n1. The van der Waals surface area contributed by atoms with Crippen LogP contribution in [0.1, 0.15) is 30.2 Å². The molecular weight excluding hydrogens is 388 g/mol. The van der Waals surface area contributed by atoms with E-state index in [4.69, 9.17) is 0 Å². The second kappa shape index (κ2) is 6.29. The van der Waals surface area contributed by atoms with Crippen LogP contribution in [0.3, 0.4) is 0 Å². The van der Waals surface area contributed by atoms with Crippen LogP contribution in [0.25, 0.3) is 4.96 Å². The molecule has 0 amide bonds. The average molecular weight is 405 g/mol. The summed E-state index contributed by atoms with van der Waals surface area (Å²) in [6.07, 6.45) is 2.78. The summed E-state index contributed by atoms with van der Waals surface area (Å²) in [5.74, 6) is 0. The molecule has 0 atom stereocenters. The van der Waals surface area contributed by atoms with Gasteiger partial charge in [-0.3, -0.25) is 4.79 Å². The Hall–Kier alpha value is -1.73. The quantitative estimate of drug-likeness (QED) is 0.670. The minimum atomic E-state index is -0.0930. The lowest BCUT2D eigenvalue weighted by molar-refractivity contribution is 0.713. The number of aryl methyl sites for hydroxylation is 1. The van der Waals surface area contributed by atoms with Gasteiger partial charge in [-0.2, -0.15) is 4.52 Å². The van der Waals surface area contributed by atoms with Crippen LogP contribution in [-0.4, -0.2) is 21.1 Å². The zero-order chi connectivity index (χ0) is 16.7. The number of rotatable bonds is 3.